The van der Waals surface area contributed by atoms with Crippen molar-refractivity contribution in [1.82, 2.24) is 5.32 Å². The van der Waals surface area contributed by atoms with Gasteiger partial charge in [0.05, 0.1) is 0 Å². The minimum absolute atomic E-state index is 0.957. The van der Waals surface area contributed by atoms with Crippen molar-refractivity contribution in [3.63, 3.8) is 0 Å². The predicted molar refractivity (Wildman–Crippen MR) is 84.2 cm³/mol. The number of rotatable bonds is 4. The van der Waals surface area contributed by atoms with Crippen LogP contribution in [0.1, 0.15) is 66.2 Å². The van der Waals surface area contributed by atoms with Crippen LogP contribution in [0.25, 0.3) is 0 Å². The molecule has 0 aromatic heterocycles. The van der Waals surface area contributed by atoms with Crippen LogP contribution >= 0.6 is 0 Å². The van der Waals surface area contributed by atoms with Crippen LogP contribution in [-0.4, -0.2) is 13.1 Å². The molecular formula is C18H35N. The van der Waals surface area contributed by atoms with Gasteiger partial charge in [-0.25, -0.2) is 0 Å². The van der Waals surface area contributed by atoms with Crippen molar-refractivity contribution in [2.24, 2.45) is 35.5 Å². The summed E-state index contributed by atoms with van der Waals surface area (Å²) in [6.07, 6.45) is 8.91. The van der Waals surface area contributed by atoms with Crippen molar-refractivity contribution in [3.8, 4) is 0 Å². The minimum atomic E-state index is 0.957. The third kappa shape index (κ3) is 4.21. The molecule has 112 valence electrons. The van der Waals surface area contributed by atoms with Crippen LogP contribution in [0.2, 0.25) is 0 Å². The van der Waals surface area contributed by atoms with E-state index in [0.717, 1.165) is 42.1 Å². The third-order valence-corrected chi connectivity index (χ3v) is 5.79. The van der Waals surface area contributed by atoms with Gasteiger partial charge in [0, 0.05) is 0 Å². The number of hydrogen-bond acceptors (Lipinski definition) is 1. The first kappa shape index (κ1) is 15.4. The van der Waals surface area contributed by atoms with Crippen molar-refractivity contribution in [2.45, 2.75) is 66.2 Å². The van der Waals surface area contributed by atoms with Crippen LogP contribution in [0.4, 0.5) is 0 Å². The molecule has 0 saturated heterocycles. The van der Waals surface area contributed by atoms with E-state index >= 15 is 0 Å². The zero-order chi connectivity index (χ0) is 13.8. The summed E-state index contributed by atoms with van der Waals surface area (Å²) in [6.45, 7) is 12.1. The van der Waals surface area contributed by atoms with E-state index in [2.05, 4.69) is 33.0 Å². The summed E-state index contributed by atoms with van der Waals surface area (Å²) in [5.74, 6) is 5.88. The van der Waals surface area contributed by atoms with Crippen LogP contribution in [-0.2, 0) is 0 Å². The number of nitrogens with one attached hydrogen (secondary N) is 1. The molecule has 0 radical (unpaired) electrons. The summed E-state index contributed by atoms with van der Waals surface area (Å²) in [6, 6.07) is 0. The molecule has 5 atom stereocenters. The summed E-state index contributed by atoms with van der Waals surface area (Å²) in [4.78, 5) is 0. The van der Waals surface area contributed by atoms with Gasteiger partial charge in [-0.15, -0.1) is 0 Å². The molecule has 1 nitrogen and oxygen atoms in total. The summed E-state index contributed by atoms with van der Waals surface area (Å²) >= 11 is 0. The Hall–Kier alpha value is -0.0400. The standard InChI is InChI=1S/C18H35N/c1-5-19-12-16-7-6-13(2)11-18(16)17-9-14(3)8-15(4)10-17/h13-19H,5-12H2,1-4H3. The van der Waals surface area contributed by atoms with E-state index in [9.17, 15) is 0 Å². The van der Waals surface area contributed by atoms with Gasteiger partial charge in [-0.2, -0.15) is 0 Å². The maximum absolute atomic E-state index is 3.62. The van der Waals surface area contributed by atoms with E-state index in [0.29, 0.717) is 0 Å². The molecule has 19 heavy (non-hydrogen) atoms. The largest absolute Gasteiger partial charge is 0.317 e. The molecule has 2 aliphatic rings. The van der Waals surface area contributed by atoms with E-state index in [1.54, 1.807) is 0 Å². The minimum Gasteiger partial charge on any atom is -0.317 e. The van der Waals surface area contributed by atoms with Gasteiger partial charge in [-0.3, -0.25) is 0 Å². The van der Waals surface area contributed by atoms with E-state index in [4.69, 9.17) is 0 Å². The van der Waals surface area contributed by atoms with Crippen LogP contribution in [0, 0.1) is 35.5 Å². The molecule has 0 bridgehead atoms. The van der Waals surface area contributed by atoms with E-state index in [1.165, 1.54) is 45.1 Å². The second-order valence-corrected chi connectivity index (χ2v) is 7.83. The molecule has 5 unspecified atom stereocenters. The predicted octanol–water partition coefficient (Wildman–Crippen LogP) is 4.72. The molecule has 2 aliphatic carbocycles. The molecule has 0 aromatic rings. The second-order valence-electron chi connectivity index (χ2n) is 7.83. The van der Waals surface area contributed by atoms with E-state index < -0.39 is 0 Å². The smallest absolute Gasteiger partial charge is 0.00179 e. The van der Waals surface area contributed by atoms with Crippen molar-refractivity contribution >= 4 is 0 Å². The maximum Gasteiger partial charge on any atom is -0.00179 e. The Bertz CT molecular complexity index is 250. The Balaban J connectivity index is 1.99. The second kappa shape index (κ2) is 7.11. The van der Waals surface area contributed by atoms with Crippen LogP contribution in [0.3, 0.4) is 0 Å². The summed E-state index contributed by atoms with van der Waals surface area (Å²) in [7, 11) is 0. The molecule has 1 heteroatoms. The highest BCUT2D eigenvalue weighted by molar-refractivity contribution is 4.88. The zero-order valence-electron chi connectivity index (χ0n) is 13.6. The molecule has 1 N–H and O–H groups in total. The summed E-state index contributed by atoms with van der Waals surface area (Å²) in [5, 5.41) is 3.62. The first-order chi connectivity index (χ1) is 9.10. The Morgan fingerprint density at radius 3 is 2.16 bits per heavy atom. The fourth-order valence-corrected chi connectivity index (χ4v) is 5.01. The third-order valence-electron chi connectivity index (χ3n) is 5.79. The van der Waals surface area contributed by atoms with Gasteiger partial charge in [0.2, 0.25) is 0 Å². The Morgan fingerprint density at radius 2 is 1.53 bits per heavy atom. The van der Waals surface area contributed by atoms with E-state index in [-0.39, 0.29) is 0 Å². The van der Waals surface area contributed by atoms with Crippen LogP contribution in [0.5, 0.6) is 0 Å². The normalized spacial score (nSPS) is 44.2. The average molecular weight is 265 g/mol. The van der Waals surface area contributed by atoms with Gasteiger partial charge in [0.1, 0.15) is 0 Å². The highest BCUT2D eigenvalue weighted by Crippen LogP contribution is 2.45. The Morgan fingerprint density at radius 1 is 0.842 bits per heavy atom. The van der Waals surface area contributed by atoms with Gasteiger partial charge in [-0.05, 0) is 80.7 Å². The van der Waals surface area contributed by atoms with Gasteiger partial charge >= 0.3 is 0 Å². The van der Waals surface area contributed by atoms with E-state index in [1.807, 2.05) is 0 Å². The lowest BCUT2D eigenvalue weighted by atomic mass is 9.62. The lowest BCUT2D eigenvalue weighted by Gasteiger charge is -2.44. The van der Waals surface area contributed by atoms with Gasteiger partial charge in [0.25, 0.3) is 0 Å². The molecule has 0 heterocycles. The molecule has 0 aliphatic heterocycles. The van der Waals surface area contributed by atoms with Crippen LogP contribution < -0.4 is 5.32 Å². The fourth-order valence-electron chi connectivity index (χ4n) is 5.01. The van der Waals surface area contributed by atoms with Crippen molar-refractivity contribution in [3.05, 3.63) is 0 Å². The highest BCUT2D eigenvalue weighted by Gasteiger charge is 2.37. The Kier molecular flexibility index (Phi) is 5.74. The molecule has 2 saturated carbocycles. The van der Waals surface area contributed by atoms with Crippen molar-refractivity contribution < 1.29 is 0 Å². The summed E-state index contributed by atoms with van der Waals surface area (Å²) < 4.78 is 0. The topological polar surface area (TPSA) is 12.0 Å². The molecule has 0 aromatic carbocycles. The lowest BCUT2D eigenvalue weighted by molar-refractivity contribution is 0.0700. The van der Waals surface area contributed by atoms with Gasteiger partial charge < -0.3 is 5.32 Å². The average Bonchev–Trinajstić information content (AvgIpc) is 2.36. The molecule has 2 fully saturated rings. The monoisotopic (exact) mass is 265 g/mol. The quantitative estimate of drug-likeness (QED) is 0.775. The maximum atomic E-state index is 3.62. The zero-order valence-corrected chi connectivity index (χ0v) is 13.6. The van der Waals surface area contributed by atoms with Gasteiger partial charge in [0.15, 0.2) is 0 Å². The molecule has 0 spiro atoms. The first-order valence-electron chi connectivity index (χ1n) is 8.80. The fraction of sp³-hybridized carbons (Fsp3) is 1.00. The molecule has 0 amide bonds. The number of hydrogen-bond donors (Lipinski definition) is 1. The highest BCUT2D eigenvalue weighted by atomic mass is 14.8. The SMILES string of the molecule is CCNCC1CCC(C)CC1C1CC(C)CC(C)C1. The summed E-state index contributed by atoms with van der Waals surface area (Å²) in [5.41, 5.74) is 0. The molecular weight excluding hydrogens is 230 g/mol. The van der Waals surface area contributed by atoms with Crippen molar-refractivity contribution in [1.29, 1.82) is 0 Å². The first-order valence-corrected chi connectivity index (χ1v) is 8.80. The Labute approximate surface area is 120 Å². The van der Waals surface area contributed by atoms with Gasteiger partial charge in [-0.1, -0.05) is 34.1 Å². The van der Waals surface area contributed by atoms with Crippen molar-refractivity contribution in [2.75, 3.05) is 13.1 Å². The molecule has 2 rings (SSSR count). The van der Waals surface area contributed by atoms with Crippen LogP contribution in [0.15, 0.2) is 0 Å². The lowest BCUT2D eigenvalue weighted by Crippen LogP contribution is -2.38.